The van der Waals surface area contributed by atoms with Gasteiger partial charge in [0.1, 0.15) is 5.54 Å². The number of nitrogens with zero attached hydrogens (tertiary/aromatic N) is 2. The minimum atomic E-state index is -1.54. The Balaban J connectivity index is 3.73. The van der Waals surface area contributed by atoms with Gasteiger partial charge >= 0.3 is 0 Å². The van der Waals surface area contributed by atoms with Crippen molar-refractivity contribution in [3.05, 3.63) is 18.3 Å². The molecule has 0 radical (unpaired) electrons. The summed E-state index contributed by atoms with van der Waals surface area (Å²) in [5, 5.41) is 40.9. The van der Waals surface area contributed by atoms with Gasteiger partial charge in [0.25, 0.3) is 5.91 Å². The van der Waals surface area contributed by atoms with Crippen LogP contribution in [-0.2, 0) is 14.4 Å². The Morgan fingerprint density at radius 3 is 2.00 bits per heavy atom. The van der Waals surface area contributed by atoms with Gasteiger partial charge in [-0.25, -0.2) is 0 Å². The van der Waals surface area contributed by atoms with Crippen LogP contribution in [0.4, 0.5) is 0 Å². The Bertz CT molecular complexity index is 838. The number of aliphatic hydroxyl groups is 4. The zero-order valence-electron chi connectivity index (χ0n) is 18.4. The number of nitrogens with one attached hydrogen (secondary N) is 1. The van der Waals surface area contributed by atoms with Crippen LogP contribution in [0.2, 0.25) is 0 Å². The van der Waals surface area contributed by atoms with E-state index in [0.717, 1.165) is 0 Å². The molecule has 0 aliphatic heterocycles. The van der Waals surface area contributed by atoms with E-state index >= 15 is 0 Å². The lowest BCUT2D eigenvalue weighted by molar-refractivity contribution is -0.136. The minimum absolute atomic E-state index is 0.143. The number of carbonyl (C=O) groups is 3. The summed E-state index contributed by atoms with van der Waals surface area (Å²) in [4.78, 5) is 42.4. The number of Topliss-reactive ketones (excluding diaryl/α,β-unsaturated/α-hetero) is 1. The summed E-state index contributed by atoms with van der Waals surface area (Å²) in [5.74, 6) is -1.50. The first-order chi connectivity index (χ1) is 15.3. The van der Waals surface area contributed by atoms with Crippen molar-refractivity contribution in [3.63, 3.8) is 0 Å². The molecule has 0 heterocycles. The fourth-order valence-electron chi connectivity index (χ4n) is 3.38. The minimum Gasteiger partial charge on any atom is -0.394 e. The molecule has 0 aromatic carbocycles. The molecule has 0 bridgehead atoms. The summed E-state index contributed by atoms with van der Waals surface area (Å²) in [7, 11) is 4.43. The van der Waals surface area contributed by atoms with Crippen LogP contribution in [0.25, 0.3) is 0 Å². The lowest BCUT2D eigenvalue weighted by Gasteiger charge is -2.44. The third kappa shape index (κ3) is 6.43. The van der Waals surface area contributed by atoms with E-state index in [4.69, 9.17) is 10.8 Å². The van der Waals surface area contributed by atoms with Gasteiger partial charge in [0, 0.05) is 45.5 Å². The van der Waals surface area contributed by atoms with Gasteiger partial charge in [0.15, 0.2) is 5.78 Å². The highest BCUT2D eigenvalue weighted by Gasteiger charge is 2.55. The molecule has 0 spiro atoms. The summed E-state index contributed by atoms with van der Waals surface area (Å²) in [6.45, 7) is -1.74. The van der Waals surface area contributed by atoms with Crippen LogP contribution in [0.15, 0.2) is 18.3 Å². The van der Waals surface area contributed by atoms with E-state index in [1.54, 1.807) is 0 Å². The Hall–Kier alpha value is 0.0400. The van der Waals surface area contributed by atoms with E-state index in [2.05, 4.69) is 5.32 Å². The number of amides is 2. The molecule has 1 aliphatic carbocycles. The maximum absolute atomic E-state index is 13.7. The number of carbonyl (C=O) groups excluding carboxylic acids is 3. The second-order valence-corrected chi connectivity index (χ2v) is 10.9. The quantitative estimate of drug-likeness (QED) is 0.105. The second kappa shape index (κ2) is 13.4. The number of hydrogen-bond donors (Lipinski definition) is 6. The molecule has 4 unspecified atom stereocenters. The van der Waals surface area contributed by atoms with Crippen molar-refractivity contribution in [2.45, 2.75) is 21.7 Å². The largest absolute Gasteiger partial charge is 0.394 e. The van der Waals surface area contributed by atoms with Crippen LogP contribution in [0, 0.1) is 0 Å². The number of hydrogen-bond acceptors (Lipinski definition) is 9. The molecule has 0 aromatic heterocycles. The number of ketones is 1. The number of halogens is 3. The van der Waals surface area contributed by atoms with Gasteiger partial charge in [-0.15, -0.1) is 0 Å². The SMILES string of the molecule is CNC1(C(=O)N(C)CC(O)CO)C(I)=C(C(=O)CN)C(I)=C(C(=O)N(C)CC(O)CO)C1I. The highest BCUT2D eigenvalue weighted by molar-refractivity contribution is 14.1. The van der Waals surface area contributed by atoms with Gasteiger partial charge in [-0.2, -0.15) is 0 Å². The highest BCUT2D eigenvalue weighted by Crippen LogP contribution is 2.48. The standard InChI is InChI=1S/C19H29I3N4O7/c1-24-19(18(33)26(3)6-10(30)8-28)15(21)12(11(31)4-23)14(20)13(16(19)22)17(32)25(2)5-9(29)7-27/h9-10,16,24,27-30H,4-8,23H2,1-3H3. The highest BCUT2D eigenvalue weighted by atomic mass is 127. The Morgan fingerprint density at radius 2 is 1.58 bits per heavy atom. The Morgan fingerprint density at radius 1 is 1.09 bits per heavy atom. The first kappa shape index (κ1) is 31.1. The zero-order chi connectivity index (χ0) is 25.7. The third-order valence-corrected chi connectivity index (χ3v) is 9.23. The van der Waals surface area contributed by atoms with Crippen molar-refractivity contribution in [1.29, 1.82) is 0 Å². The van der Waals surface area contributed by atoms with Crippen molar-refractivity contribution >= 4 is 85.4 Å². The maximum Gasteiger partial charge on any atom is 0.251 e. The van der Waals surface area contributed by atoms with E-state index in [1.165, 1.54) is 30.9 Å². The topological polar surface area (TPSA) is 177 Å². The van der Waals surface area contributed by atoms with Gasteiger partial charge in [0.05, 0.1) is 35.9 Å². The van der Waals surface area contributed by atoms with Crippen molar-refractivity contribution in [2.75, 3.05) is 54.0 Å². The van der Waals surface area contributed by atoms with Crippen molar-refractivity contribution in [1.82, 2.24) is 15.1 Å². The summed E-state index contributed by atoms with van der Waals surface area (Å²) in [6.07, 6.45) is -2.32. The molecule has 11 nitrogen and oxygen atoms in total. The van der Waals surface area contributed by atoms with Gasteiger partial charge in [0.2, 0.25) is 5.91 Å². The smallest absolute Gasteiger partial charge is 0.251 e. The predicted molar refractivity (Wildman–Crippen MR) is 147 cm³/mol. The molecule has 0 saturated heterocycles. The molecule has 0 saturated carbocycles. The number of allylic oxidation sites excluding steroid dienone is 1. The maximum atomic E-state index is 13.7. The molecule has 14 heteroatoms. The van der Waals surface area contributed by atoms with Gasteiger partial charge < -0.3 is 41.3 Å². The first-order valence-corrected chi connectivity index (χ1v) is 13.2. The Kier molecular flexibility index (Phi) is 12.6. The fourth-order valence-corrected chi connectivity index (χ4v) is 9.05. The van der Waals surface area contributed by atoms with Gasteiger partial charge in [-0.3, -0.25) is 14.4 Å². The fraction of sp³-hybridized carbons (Fsp3) is 0.632. The van der Waals surface area contributed by atoms with Crippen molar-refractivity contribution in [3.8, 4) is 0 Å². The first-order valence-electron chi connectivity index (χ1n) is 9.80. The van der Waals surface area contributed by atoms with Gasteiger partial charge in [-0.05, 0) is 52.2 Å². The lowest BCUT2D eigenvalue weighted by atomic mass is 9.80. The van der Waals surface area contributed by atoms with E-state index in [-0.39, 0.29) is 30.8 Å². The molecule has 33 heavy (non-hydrogen) atoms. The monoisotopic (exact) mass is 806 g/mol. The van der Waals surface area contributed by atoms with E-state index in [1.807, 2.05) is 67.8 Å². The lowest BCUT2D eigenvalue weighted by Crippen LogP contribution is -2.65. The van der Waals surface area contributed by atoms with Crippen LogP contribution in [-0.4, -0.2) is 123 Å². The summed E-state index contributed by atoms with van der Waals surface area (Å²) >= 11 is 5.77. The van der Waals surface area contributed by atoms with Crippen LogP contribution in [0.5, 0.6) is 0 Å². The average Bonchev–Trinajstić information content (AvgIpc) is 2.78. The molecular formula is C19H29I3N4O7. The molecule has 188 valence electrons. The van der Waals surface area contributed by atoms with Crippen LogP contribution in [0.3, 0.4) is 0 Å². The van der Waals surface area contributed by atoms with Crippen LogP contribution < -0.4 is 11.1 Å². The molecular weight excluding hydrogens is 777 g/mol. The summed E-state index contributed by atoms with van der Waals surface area (Å²) < 4.78 is -0.0960. The number of nitrogens with two attached hydrogens (primary N) is 1. The van der Waals surface area contributed by atoms with Crippen LogP contribution in [0.1, 0.15) is 0 Å². The Labute approximate surface area is 233 Å². The molecule has 1 aliphatic rings. The third-order valence-electron chi connectivity index (χ3n) is 5.17. The summed E-state index contributed by atoms with van der Waals surface area (Å²) in [6, 6.07) is 0. The van der Waals surface area contributed by atoms with Crippen molar-refractivity contribution < 1.29 is 34.8 Å². The molecule has 4 atom stereocenters. The number of rotatable bonds is 11. The van der Waals surface area contributed by atoms with E-state index < -0.39 is 52.5 Å². The molecule has 0 fully saturated rings. The predicted octanol–water partition coefficient (Wildman–Crippen LogP) is -1.71. The number of alkyl halides is 1. The number of likely N-dealkylation sites (N-methyl/N-ethyl adjacent to an activating group) is 3. The van der Waals surface area contributed by atoms with Gasteiger partial charge in [-0.1, -0.05) is 22.6 Å². The summed E-state index contributed by atoms with van der Waals surface area (Å²) in [5.41, 5.74) is 4.40. The molecule has 0 aromatic rings. The zero-order valence-corrected chi connectivity index (χ0v) is 24.9. The molecule has 2 amide bonds. The second-order valence-electron chi connectivity index (χ2n) is 7.51. The van der Waals surface area contributed by atoms with E-state index in [0.29, 0.717) is 7.16 Å². The normalized spacial score (nSPS) is 22.8. The molecule has 7 N–H and O–H groups in total. The number of aliphatic hydroxyl groups excluding tert-OH is 4. The van der Waals surface area contributed by atoms with E-state index in [9.17, 15) is 29.7 Å². The van der Waals surface area contributed by atoms with Crippen LogP contribution >= 0.6 is 67.8 Å². The molecule has 1 rings (SSSR count). The van der Waals surface area contributed by atoms with Crippen molar-refractivity contribution in [2.24, 2.45) is 5.73 Å². The average molecular weight is 806 g/mol.